The van der Waals surface area contributed by atoms with E-state index in [-0.39, 0.29) is 16.5 Å². The molecular weight excluding hydrogens is 553 g/mol. The molecule has 0 saturated carbocycles. The number of carbonyl (C=O) groups excluding carboxylic acids is 1. The van der Waals surface area contributed by atoms with Crippen molar-refractivity contribution in [3.05, 3.63) is 81.8 Å². The molecule has 0 aromatic heterocycles. The Morgan fingerprint density at radius 2 is 1.74 bits per heavy atom. The zero-order chi connectivity index (χ0) is 27.7. The maximum Gasteiger partial charge on any atom is 0.260 e. The van der Waals surface area contributed by atoms with E-state index < -0.39 is 22.5 Å². The van der Waals surface area contributed by atoms with Gasteiger partial charge >= 0.3 is 0 Å². The smallest absolute Gasteiger partial charge is 0.260 e. The third-order valence-corrected chi connectivity index (χ3v) is 6.65. The van der Waals surface area contributed by atoms with E-state index in [1.807, 2.05) is 25.1 Å². The molecule has 0 saturated heterocycles. The van der Waals surface area contributed by atoms with Crippen LogP contribution in [0.4, 0.5) is 5.69 Å². The Hall–Kier alpha value is -3.47. The van der Waals surface area contributed by atoms with E-state index in [0.29, 0.717) is 35.3 Å². The van der Waals surface area contributed by atoms with Gasteiger partial charge < -0.3 is 14.2 Å². The number of methoxy groups -OCH3 is 1. The molecule has 0 spiro atoms. The number of sulfonamides is 1. The van der Waals surface area contributed by atoms with Gasteiger partial charge in [-0.2, -0.15) is 5.10 Å². The molecule has 202 valence electrons. The fourth-order valence-electron chi connectivity index (χ4n) is 3.36. The molecule has 12 heteroatoms. The van der Waals surface area contributed by atoms with Crippen molar-refractivity contribution >= 4 is 51.0 Å². The standard InChI is InChI=1S/C26H27Cl2N3O6S/c1-4-36-25-13-18(8-10-24(25)37-17-19-6-5-7-20(27)12-19)15-29-30-26(32)16-31(38(3,33)34)22-14-21(28)9-11-23(22)35-2/h5-15H,4,16-17H2,1-3H3,(H,30,32)/b29-15-. The number of halogens is 2. The third kappa shape index (κ3) is 8.27. The Balaban J connectivity index is 1.69. The molecule has 3 rings (SSSR count). The quantitative estimate of drug-likeness (QED) is 0.242. The molecule has 0 atom stereocenters. The van der Waals surface area contributed by atoms with Crippen molar-refractivity contribution in [3.63, 3.8) is 0 Å². The minimum atomic E-state index is -3.84. The van der Waals surface area contributed by atoms with E-state index in [1.54, 1.807) is 30.3 Å². The number of hydrazone groups is 1. The van der Waals surface area contributed by atoms with Crippen molar-refractivity contribution in [2.24, 2.45) is 5.10 Å². The van der Waals surface area contributed by atoms with Gasteiger partial charge in [-0.3, -0.25) is 9.10 Å². The van der Waals surface area contributed by atoms with Crippen LogP contribution in [-0.4, -0.2) is 47.1 Å². The number of ether oxygens (including phenoxy) is 3. The molecule has 3 aromatic carbocycles. The van der Waals surface area contributed by atoms with Gasteiger partial charge in [0.2, 0.25) is 10.0 Å². The topological polar surface area (TPSA) is 107 Å². The van der Waals surface area contributed by atoms with Crippen LogP contribution in [0.15, 0.2) is 65.8 Å². The summed E-state index contributed by atoms with van der Waals surface area (Å²) in [6.07, 6.45) is 2.39. The molecule has 0 fully saturated rings. The predicted octanol–water partition coefficient (Wildman–Crippen LogP) is 4.90. The second-order valence-electron chi connectivity index (χ2n) is 7.94. The number of nitrogens with one attached hydrogen (secondary N) is 1. The van der Waals surface area contributed by atoms with Crippen molar-refractivity contribution in [1.82, 2.24) is 5.43 Å². The number of amides is 1. The average Bonchev–Trinajstić information content (AvgIpc) is 2.86. The van der Waals surface area contributed by atoms with Crippen LogP contribution in [0.5, 0.6) is 17.2 Å². The minimum Gasteiger partial charge on any atom is -0.495 e. The summed E-state index contributed by atoms with van der Waals surface area (Å²) in [6.45, 7) is 2.04. The second-order valence-corrected chi connectivity index (χ2v) is 10.7. The summed E-state index contributed by atoms with van der Waals surface area (Å²) in [5, 5.41) is 4.86. The van der Waals surface area contributed by atoms with Crippen molar-refractivity contribution in [2.45, 2.75) is 13.5 Å². The third-order valence-electron chi connectivity index (χ3n) is 5.05. The molecule has 9 nitrogen and oxygen atoms in total. The summed E-state index contributed by atoms with van der Waals surface area (Å²) in [5.41, 5.74) is 4.01. The number of nitrogens with zero attached hydrogens (tertiary/aromatic N) is 2. The van der Waals surface area contributed by atoms with E-state index in [1.165, 1.54) is 25.5 Å². The van der Waals surface area contributed by atoms with Crippen molar-refractivity contribution in [2.75, 3.05) is 30.8 Å². The first kappa shape index (κ1) is 29.1. The molecule has 0 aliphatic heterocycles. The van der Waals surface area contributed by atoms with Gasteiger partial charge in [-0.1, -0.05) is 35.3 Å². The van der Waals surface area contributed by atoms with Crippen LogP contribution >= 0.6 is 23.2 Å². The lowest BCUT2D eigenvalue weighted by Crippen LogP contribution is -2.39. The van der Waals surface area contributed by atoms with E-state index in [0.717, 1.165) is 16.1 Å². The molecular formula is C26H27Cl2N3O6S. The number of anilines is 1. The first-order valence-corrected chi connectivity index (χ1v) is 14.0. The van der Waals surface area contributed by atoms with Gasteiger partial charge in [0.1, 0.15) is 18.9 Å². The summed E-state index contributed by atoms with van der Waals surface area (Å²) >= 11 is 12.1. The zero-order valence-electron chi connectivity index (χ0n) is 21.0. The lowest BCUT2D eigenvalue weighted by atomic mass is 10.2. The number of benzene rings is 3. The number of hydrogen-bond donors (Lipinski definition) is 1. The SMILES string of the molecule is CCOc1cc(/C=N\NC(=O)CN(c2cc(Cl)ccc2OC)S(C)(=O)=O)ccc1OCc1cccc(Cl)c1. The van der Waals surface area contributed by atoms with E-state index in [9.17, 15) is 13.2 Å². The number of carbonyl (C=O) groups is 1. The maximum absolute atomic E-state index is 12.6. The molecule has 38 heavy (non-hydrogen) atoms. The molecule has 0 unspecified atom stereocenters. The normalized spacial score (nSPS) is 11.3. The summed E-state index contributed by atoms with van der Waals surface area (Å²) in [5.74, 6) is 0.617. The Morgan fingerprint density at radius 1 is 1.00 bits per heavy atom. The summed E-state index contributed by atoms with van der Waals surface area (Å²) in [7, 11) is -2.45. The van der Waals surface area contributed by atoms with Crippen LogP contribution < -0.4 is 23.9 Å². The highest BCUT2D eigenvalue weighted by Gasteiger charge is 2.24. The van der Waals surface area contributed by atoms with Gasteiger partial charge in [0, 0.05) is 10.0 Å². The number of hydrogen-bond acceptors (Lipinski definition) is 7. The molecule has 0 heterocycles. The number of rotatable bonds is 12. The molecule has 1 amide bonds. The van der Waals surface area contributed by atoms with Crippen molar-refractivity contribution in [3.8, 4) is 17.2 Å². The fraction of sp³-hybridized carbons (Fsp3) is 0.231. The lowest BCUT2D eigenvalue weighted by molar-refractivity contribution is -0.119. The first-order valence-electron chi connectivity index (χ1n) is 11.4. The van der Waals surface area contributed by atoms with Gasteiger partial charge in [0.15, 0.2) is 11.5 Å². The predicted molar refractivity (Wildman–Crippen MR) is 149 cm³/mol. The Labute approximate surface area is 232 Å². The average molecular weight is 580 g/mol. The van der Waals surface area contributed by atoms with Gasteiger partial charge in [0.25, 0.3) is 5.91 Å². The molecule has 0 aliphatic rings. The summed E-state index contributed by atoms with van der Waals surface area (Å²) in [4.78, 5) is 12.6. The molecule has 0 bridgehead atoms. The van der Waals surface area contributed by atoms with Crippen molar-refractivity contribution < 1.29 is 27.4 Å². The lowest BCUT2D eigenvalue weighted by Gasteiger charge is -2.23. The van der Waals surface area contributed by atoms with E-state index in [4.69, 9.17) is 37.4 Å². The largest absolute Gasteiger partial charge is 0.495 e. The Bertz CT molecular complexity index is 1420. The minimum absolute atomic E-state index is 0.136. The van der Waals surface area contributed by atoms with Crippen LogP contribution in [0.25, 0.3) is 0 Å². The highest BCUT2D eigenvalue weighted by Crippen LogP contribution is 2.33. The molecule has 1 N–H and O–H groups in total. The monoisotopic (exact) mass is 579 g/mol. The summed E-state index contributed by atoms with van der Waals surface area (Å²) < 4.78 is 42.5. The van der Waals surface area contributed by atoms with Crippen LogP contribution in [0.1, 0.15) is 18.1 Å². The van der Waals surface area contributed by atoms with E-state index >= 15 is 0 Å². The zero-order valence-corrected chi connectivity index (χ0v) is 23.3. The highest BCUT2D eigenvalue weighted by molar-refractivity contribution is 7.92. The summed E-state index contributed by atoms with van der Waals surface area (Å²) in [6, 6.07) is 17.0. The van der Waals surface area contributed by atoms with Crippen LogP contribution in [-0.2, 0) is 21.4 Å². The Morgan fingerprint density at radius 3 is 2.42 bits per heavy atom. The molecule has 0 radical (unpaired) electrons. The van der Waals surface area contributed by atoms with Gasteiger partial charge in [-0.25, -0.2) is 13.8 Å². The second kappa shape index (κ2) is 13.4. The highest BCUT2D eigenvalue weighted by atomic mass is 35.5. The van der Waals surface area contributed by atoms with Gasteiger partial charge in [-0.15, -0.1) is 0 Å². The molecule has 0 aliphatic carbocycles. The van der Waals surface area contributed by atoms with E-state index in [2.05, 4.69) is 10.5 Å². The van der Waals surface area contributed by atoms with Crippen LogP contribution in [0.2, 0.25) is 10.0 Å². The fourth-order valence-corrected chi connectivity index (χ4v) is 4.60. The molecule has 3 aromatic rings. The van der Waals surface area contributed by atoms with Gasteiger partial charge in [-0.05, 0) is 66.6 Å². The Kier molecular flexibility index (Phi) is 10.2. The van der Waals surface area contributed by atoms with Crippen LogP contribution in [0.3, 0.4) is 0 Å². The van der Waals surface area contributed by atoms with Crippen LogP contribution in [0, 0.1) is 0 Å². The van der Waals surface area contributed by atoms with Gasteiger partial charge in [0.05, 0.1) is 31.9 Å². The van der Waals surface area contributed by atoms with Crippen molar-refractivity contribution in [1.29, 1.82) is 0 Å². The maximum atomic E-state index is 12.6. The first-order chi connectivity index (χ1) is 18.1.